The first-order chi connectivity index (χ1) is 8.08. The first kappa shape index (κ1) is 12.3. The maximum Gasteiger partial charge on any atom is 0.269 e. The van der Waals surface area contributed by atoms with Gasteiger partial charge < -0.3 is 10.6 Å². The Bertz CT molecular complexity index is 441. The molecule has 0 bridgehead atoms. The molecule has 1 aromatic heterocycles. The Balaban J connectivity index is 2.35. The number of hydrogen-bond acceptors (Lipinski definition) is 3. The fourth-order valence-corrected chi connectivity index (χ4v) is 2.32. The van der Waals surface area contributed by atoms with Gasteiger partial charge in [0.1, 0.15) is 6.17 Å². The summed E-state index contributed by atoms with van der Waals surface area (Å²) in [5.74, 6) is -0.589. The van der Waals surface area contributed by atoms with Crippen molar-refractivity contribution in [2.75, 3.05) is 18.0 Å². The summed E-state index contributed by atoms with van der Waals surface area (Å²) >= 11 is 3.29. The molecule has 17 heavy (non-hydrogen) atoms. The number of piperidine rings is 1. The molecule has 0 aliphatic carbocycles. The lowest BCUT2D eigenvalue weighted by Gasteiger charge is -2.31. The van der Waals surface area contributed by atoms with Crippen molar-refractivity contribution in [2.45, 2.75) is 19.0 Å². The van der Waals surface area contributed by atoms with Crippen LogP contribution < -0.4 is 10.6 Å². The van der Waals surface area contributed by atoms with E-state index in [0.717, 1.165) is 17.4 Å². The highest BCUT2D eigenvalue weighted by molar-refractivity contribution is 9.10. The van der Waals surface area contributed by atoms with E-state index in [9.17, 15) is 9.18 Å². The molecule has 0 spiro atoms. The highest BCUT2D eigenvalue weighted by atomic mass is 79.9. The summed E-state index contributed by atoms with van der Waals surface area (Å²) in [5.41, 5.74) is 6.07. The van der Waals surface area contributed by atoms with Crippen LogP contribution in [-0.4, -0.2) is 30.2 Å². The smallest absolute Gasteiger partial charge is 0.269 e. The summed E-state index contributed by atoms with van der Waals surface area (Å²) in [7, 11) is 0. The molecule has 1 amide bonds. The Hall–Kier alpha value is -1.17. The van der Waals surface area contributed by atoms with Crippen LogP contribution in [0.15, 0.2) is 16.7 Å². The van der Waals surface area contributed by atoms with E-state index in [1.807, 2.05) is 4.90 Å². The minimum atomic E-state index is -0.858. The van der Waals surface area contributed by atoms with Crippen LogP contribution in [0.2, 0.25) is 0 Å². The number of amides is 1. The average molecular weight is 302 g/mol. The number of aromatic nitrogens is 1. The maximum absolute atomic E-state index is 13.4. The number of pyridine rings is 1. The molecule has 1 saturated heterocycles. The third kappa shape index (κ3) is 2.74. The van der Waals surface area contributed by atoms with Gasteiger partial charge in [-0.2, -0.15) is 0 Å². The lowest BCUT2D eigenvalue weighted by atomic mass is 10.1. The maximum atomic E-state index is 13.4. The molecular weight excluding hydrogens is 289 g/mol. The predicted molar refractivity (Wildman–Crippen MR) is 66.8 cm³/mol. The van der Waals surface area contributed by atoms with Crippen molar-refractivity contribution in [3.8, 4) is 0 Å². The molecule has 2 rings (SSSR count). The van der Waals surface area contributed by atoms with Gasteiger partial charge in [0.25, 0.3) is 5.91 Å². The Kier molecular flexibility index (Phi) is 3.61. The first-order valence-electron chi connectivity index (χ1n) is 5.42. The second-order valence-electron chi connectivity index (χ2n) is 4.07. The third-order valence-electron chi connectivity index (χ3n) is 2.77. The summed E-state index contributed by atoms with van der Waals surface area (Å²) in [4.78, 5) is 17.1. The van der Waals surface area contributed by atoms with Crippen LogP contribution in [-0.2, 0) is 0 Å². The largest absolute Gasteiger partial charge is 0.367 e. The van der Waals surface area contributed by atoms with Gasteiger partial charge in [-0.25, -0.2) is 9.37 Å². The van der Waals surface area contributed by atoms with E-state index in [-0.39, 0.29) is 5.69 Å². The molecule has 0 saturated carbocycles. The van der Waals surface area contributed by atoms with Gasteiger partial charge in [0, 0.05) is 23.8 Å². The van der Waals surface area contributed by atoms with Crippen molar-refractivity contribution in [3.05, 3.63) is 22.4 Å². The second-order valence-corrected chi connectivity index (χ2v) is 4.99. The van der Waals surface area contributed by atoms with E-state index >= 15 is 0 Å². The SMILES string of the molecule is NC(=O)c1ncc(Br)cc1N1CCCC(F)C1. The molecule has 1 aliphatic rings. The quantitative estimate of drug-likeness (QED) is 0.907. The Morgan fingerprint density at radius 2 is 2.41 bits per heavy atom. The number of rotatable bonds is 2. The fourth-order valence-electron chi connectivity index (χ4n) is 2.00. The zero-order chi connectivity index (χ0) is 12.4. The van der Waals surface area contributed by atoms with Crippen molar-refractivity contribution < 1.29 is 9.18 Å². The highest BCUT2D eigenvalue weighted by Gasteiger charge is 2.23. The van der Waals surface area contributed by atoms with Gasteiger partial charge in [-0.3, -0.25) is 4.79 Å². The summed E-state index contributed by atoms with van der Waals surface area (Å²) in [5, 5.41) is 0. The van der Waals surface area contributed by atoms with Gasteiger partial charge in [-0.15, -0.1) is 0 Å². The van der Waals surface area contributed by atoms with Crippen molar-refractivity contribution in [1.82, 2.24) is 4.98 Å². The van der Waals surface area contributed by atoms with Gasteiger partial charge in [0.05, 0.1) is 5.69 Å². The van der Waals surface area contributed by atoms with Crippen molar-refractivity contribution in [1.29, 1.82) is 0 Å². The van der Waals surface area contributed by atoms with E-state index in [0.29, 0.717) is 18.7 Å². The van der Waals surface area contributed by atoms with Gasteiger partial charge >= 0.3 is 0 Å². The predicted octanol–water partition coefficient (Wildman–Crippen LogP) is 1.88. The standard InChI is InChI=1S/C11H13BrFN3O/c12-7-4-9(10(11(14)17)15-5-7)16-3-1-2-8(13)6-16/h4-5,8H,1-3,6H2,(H2,14,17). The number of carbonyl (C=O) groups is 1. The van der Waals surface area contributed by atoms with Crippen molar-refractivity contribution >= 4 is 27.5 Å². The van der Waals surface area contributed by atoms with E-state index in [1.54, 1.807) is 6.07 Å². The van der Waals surface area contributed by atoms with Crippen molar-refractivity contribution in [3.63, 3.8) is 0 Å². The Morgan fingerprint density at radius 3 is 3.06 bits per heavy atom. The minimum Gasteiger partial charge on any atom is -0.367 e. The molecule has 1 unspecified atom stereocenters. The second kappa shape index (κ2) is 5.00. The molecule has 2 heterocycles. The van der Waals surface area contributed by atoms with Gasteiger partial charge in [-0.05, 0) is 34.8 Å². The lowest BCUT2D eigenvalue weighted by Crippen LogP contribution is -2.37. The number of anilines is 1. The van der Waals surface area contributed by atoms with Crippen LogP contribution in [0.4, 0.5) is 10.1 Å². The molecule has 1 fully saturated rings. The number of alkyl halides is 1. The van der Waals surface area contributed by atoms with Gasteiger partial charge in [0.2, 0.25) is 0 Å². The molecule has 4 nitrogen and oxygen atoms in total. The minimum absolute atomic E-state index is 0.197. The van der Waals surface area contributed by atoms with Crippen LogP contribution in [0, 0.1) is 0 Å². The number of hydrogen-bond donors (Lipinski definition) is 1. The highest BCUT2D eigenvalue weighted by Crippen LogP contribution is 2.26. The molecule has 92 valence electrons. The molecule has 0 aromatic carbocycles. The van der Waals surface area contributed by atoms with Crippen LogP contribution >= 0.6 is 15.9 Å². The monoisotopic (exact) mass is 301 g/mol. The Labute approximate surface area is 107 Å². The molecule has 6 heteroatoms. The molecule has 2 N–H and O–H groups in total. The summed E-state index contributed by atoms with van der Waals surface area (Å²) in [6, 6.07) is 1.76. The number of nitrogens with two attached hydrogens (primary N) is 1. The van der Waals surface area contributed by atoms with Crippen LogP contribution in [0.25, 0.3) is 0 Å². The Morgan fingerprint density at radius 1 is 1.65 bits per heavy atom. The molecular formula is C11H13BrFN3O. The zero-order valence-electron chi connectivity index (χ0n) is 9.20. The number of primary amides is 1. The van der Waals surface area contributed by atoms with Crippen LogP contribution in [0.5, 0.6) is 0 Å². The first-order valence-corrected chi connectivity index (χ1v) is 6.21. The number of nitrogens with zero attached hydrogens (tertiary/aromatic N) is 2. The lowest BCUT2D eigenvalue weighted by molar-refractivity contribution is 0.0996. The normalized spacial score (nSPS) is 20.4. The molecule has 1 aliphatic heterocycles. The molecule has 0 radical (unpaired) electrons. The zero-order valence-corrected chi connectivity index (χ0v) is 10.8. The van der Waals surface area contributed by atoms with Crippen molar-refractivity contribution in [2.24, 2.45) is 5.73 Å². The number of carbonyl (C=O) groups excluding carboxylic acids is 1. The van der Waals surface area contributed by atoms with Gasteiger partial charge in [-0.1, -0.05) is 0 Å². The summed E-state index contributed by atoms with van der Waals surface area (Å²) in [6.07, 6.45) is 2.00. The van der Waals surface area contributed by atoms with E-state index in [4.69, 9.17) is 5.73 Å². The summed E-state index contributed by atoms with van der Waals surface area (Å²) < 4.78 is 14.1. The third-order valence-corrected chi connectivity index (χ3v) is 3.21. The topological polar surface area (TPSA) is 59.2 Å². The molecule has 1 atom stereocenters. The van der Waals surface area contributed by atoms with Crippen LogP contribution in [0.3, 0.4) is 0 Å². The number of halogens is 2. The van der Waals surface area contributed by atoms with Crippen LogP contribution in [0.1, 0.15) is 23.3 Å². The van der Waals surface area contributed by atoms with E-state index in [1.165, 1.54) is 6.20 Å². The van der Waals surface area contributed by atoms with E-state index < -0.39 is 12.1 Å². The average Bonchev–Trinajstić information content (AvgIpc) is 2.28. The summed E-state index contributed by atoms with van der Waals surface area (Å²) in [6.45, 7) is 1.01. The molecule has 1 aromatic rings. The van der Waals surface area contributed by atoms with Gasteiger partial charge in [0.15, 0.2) is 5.69 Å². The van der Waals surface area contributed by atoms with E-state index in [2.05, 4.69) is 20.9 Å². The fraction of sp³-hybridized carbons (Fsp3) is 0.455.